The van der Waals surface area contributed by atoms with Gasteiger partial charge < -0.3 is 14.7 Å². The topological polar surface area (TPSA) is 66.8 Å². The van der Waals surface area contributed by atoms with Crippen molar-refractivity contribution < 1.29 is 19.4 Å². The van der Waals surface area contributed by atoms with Crippen LogP contribution in [-0.2, 0) is 14.3 Å². The maximum atomic E-state index is 11.2. The molecule has 0 aromatic rings. The summed E-state index contributed by atoms with van der Waals surface area (Å²) >= 11 is 5.30. The number of alkyl halides is 1. The highest BCUT2D eigenvalue weighted by Crippen LogP contribution is 2.00. The van der Waals surface area contributed by atoms with E-state index >= 15 is 0 Å². The number of nitrogens with zero attached hydrogens (tertiary/aromatic N) is 1. The lowest BCUT2D eigenvalue weighted by molar-refractivity contribution is -0.154. The molecule has 0 aromatic heterocycles. The molecule has 0 rings (SSSR count). The van der Waals surface area contributed by atoms with E-state index in [0.717, 1.165) is 4.90 Å². The van der Waals surface area contributed by atoms with E-state index in [4.69, 9.17) is 16.7 Å². The van der Waals surface area contributed by atoms with Crippen molar-refractivity contribution >= 4 is 23.5 Å². The smallest absolute Gasteiger partial charge is 0.331 e. The molecule has 0 saturated carbocycles. The van der Waals surface area contributed by atoms with Crippen LogP contribution in [-0.4, -0.2) is 54.1 Å². The van der Waals surface area contributed by atoms with Gasteiger partial charge in [0.1, 0.15) is 5.88 Å². The van der Waals surface area contributed by atoms with Crippen molar-refractivity contribution in [2.75, 3.05) is 26.1 Å². The molecule has 14 heavy (non-hydrogen) atoms. The van der Waals surface area contributed by atoms with Crippen molar-refractivity contribution in [1.82, 2.24) is 4.90 Å². The summed E-state index contributed by atoms with van der Waals surface area (Å²) in [7, 11) is 1.39. The first-order valence-electron chi connectivity index (χ1n) is 4.17. The normalized spacial score (nSPS) is 12.0. The predicted molar refractivity (Wildman–Crippen MR) is 51.0 cm³/mol. The van der Waals surface area contributed by atoms with Crippen LogP contribution in [0.15, 0.2) is 0 Å². The maximum Gasteiger partial charge on any atom is 0.331 e. The summed E-state index contributed by atoms with van der Waals surface area (Å²) in [5.74, 6) is -1.29. The summed E-state index contributed by atoms with van der Waals surface area (Å²) in [5.41, 5.74) is 0. The fraction of sp³-hybridized carbons (Fsp3) is 0.750. The number of aliphatic hydroxyl groups is 1. The highest BCUT2D eigenvalue weighted by Gasteiger charge is 2.26. The summed E-state index contributed by atoms with van der Waals surface area (Å²) in [6.45, 7) is 1.38. The minimum absolute atomic E-state index is 0.207. The molecule has 0 bridgehead atoms. The minimum Gasteiger partial charge on any atom is -0.464 e. The van der Waals surface area contributed by atoms with Gasteiger partial charge >= 0.3 is 5.97 Å². The van der Waals surface area contributed by atoms with Gasteiger partial charge in [-0.1, -0.05) is 0 Å². The lowest BCUT2D eigenvalue weighted by atomic mass is 10.3. The third-order valence-corrected chi connectivity index (χ3v) is 1.94. The summed E-state index contributed by atoms with van der Waals surface area (Å²) in [6.07, 6.45) is 0. The number of amides is 1. The number of carbonyl (C=O) groups excluding carboxylic acids is 2. The Labute approximate surface area is 87.6 Å². The van der Waals surface area contributed by atoms with Crippen LogP contribution < -0.4 is 0 Å². The Hall–Kier alpha value is -0.810. The zero-order valence-electron chi connectivity index (χ0n) is 8.20. The quantitative estimate of drug-likeness (QED) is 0.509. The SMILES string of the molecule is CCOC(=O)[C@H](CO)N(C)C(=O)CCl. The van der Waals surface area contributed by atoms with Crippen LogP contribution in [0.3, 0.4) is 0 Å². The largest absolute Gasteiger partial charge is 0.464 e. The van der Waals surface area contributed by atoms with Crippen molar-refractivity contribution in [2.45, 2.75) is 13.0 Å². The van der Waals surface area contributed by atoms with E-state index in [1.165, 1.54) is 7.05 Å². The van der Waals surface area contributed by atoms with Crippen LogP contribution in [0.1, 0.15) is 6.92 Å². The molecule has 0 spiro atoms. The van der Waals surface area contributed by atoms with Crippen molar-refractivity contribution in [1.29, 1.82) is 0 Å². The molecule has 0 heterocycles. The van der Waals surface area contributed by atoms with Gasteiger partial charge in [-0.15, -0.1) is 11.6 Å². The van der Waals surface area contributed by atoms with Crippen molar-refractivity contribution in [3.05, 3.63) is 0 Å². The Morgan fingerprint density at radius 1 is 1.57 bits per heavy atom. The second kappa shape index (κ2) is 6.62. The number of halogens is 1. The molecule has 6 heteroatoms. The molecule has 1 atom stereocenters. The number of hydrogen-bond acceptors (Lipinski definition) is 4. The van der Waals surface area contributed by atoms with Crippen LogP contribution in [0.2, 0.25) is 0 Å². The van der Waals surface area contributed by atoms with Gasteiger partial charge in [0.25, 0.3) is 0 Å². The molecule has 5 nitrogen and oxygen atoms in total. The van der Waals surface area contributed by atoms with Crippen molar-refractivity contribution in [2.24, 2.45) is 0 Å². The lowest BCUT2D eigenvalue weighted by Crippen LogP contribution is -2.46. The first-order valence-corrected chi connectivity index (χ1v) is 4.71. The summed E-state index contributed by atoms with van der Waals surface area (Å²) in [6, 6.07) is -0.971. The standard InChI is InChI=1S/C8H14ClNO4/c1-3-14-8(13)6(5-11)10(2)7(12)4-9/h6,11H,3-5H2,1-2H3/t6-/m0/s1. The number of aliphatic hydroxyl groups excluding tert-OH is 1. The van der Waals surface area contributed by atoms with Gasteiger partial charge in [-0.3, -0.25) is 4.79 Å². The first kappa shape index (κ1) is 13.2. The van der Waals surface area contributed by atoms with E-state index in [-0.39, 0.29) is 12.5 Å². The molecule has 0 aliphatic heterocycles. The summed E-state index contributed by atoms with van der Waals surface area (Å²) in [4.78, 5) is 23.4. The highest BCUT2D eigenvalue weighted by atomic mass is 35.5. The molecule has 1 amide bonds. The van der Waals surface area contributed by atoms with Gasteiger partial charge in [0.2, 0.25) is 5.91 Å². The van der Waals surface area contributed by atoms with E-state index in [2.05, 4.69) is 4.74 Å². The lowest BCUT2D eigenvalue weighted by Gasteiger charge is -2.23. The van der Waals surface area contributed by atoms with Gasteiger partial charge in [0.05, 0.1) is 13.2 Å². The molecular formula is C8H14ClNO4. The van der Waals surface area contributed by atoms with Gasteiger partial charge in [0, 0.05) is 7.05 Å². The fourth-order valence-electron chi connectivity index (χ4n) is 0.862. The van der Waals surface area contributed by atoms with Crippen molar-refractivity contribution in [3.63, 3.8) is 0 Å². The minimum atomic E-state index is -0.971. The second-order valence-corrected chi connectivity index (χ2v) is 2.86. The zero-order chi connectivity index (χ0) is 11.1. The Kier molecular flexibility index (Phi) is 6.23. The van der Waals surface area contributed by atoms with E-state index in [0.29, 0.717) is 0 Å². The first-order chi connectivity index (χ1) is 6.58. The van der Waals surface area contributed by atoms with Crippen LogP contribution >= 0.6 is 11.6 Å². The molecular weight excluding hydrogens is 210 g/mol. The van der Waals surface area contributed by atoms with E-state index in [9.17, 15) is 9.59 Å². The van der Waals surface area contributed by atoms with E-state index < -0.39 is 24.5 Å². The summed E-state index contributed by atoms with van der Waals surface area (Å²) < 4.78 is 4.67. The Bertz CT molecular complexity index is 210. The molecule has 0 aliphatic carbocycles. The zero-order valence-corrected chi connectivity index (χ0v) is 8.95. The predicted octanol–water partition coefficient (Wildman–Crippen LogP) is -0.392. The number of ether oxygens (including phenoxy) is 1. The van der Waals surface area contributed by atoms with Gasteiger partial charge in [-0.05, 0) is 6.92 Å². The Balaban J connectivity index is 4.39. The average Bonchev–Trinajstić information content (AvgIpc) is 2.18. The molecule has 0 saturated heterocycles. The maximum absolute atomic E-state index is 11.2. The van der Waals surface area contributed by atoms with E-state index in [1.54, 1.807) is 6.92 Å². The van der Waals surface area contributed by atoms with Crippen LogP contribution in [0.4, 0.5) is 0 Å². The third kappa shape index (κ3) is 3.51. The number of rotatable bonds is 5. The van der Waals surface area contributed by atoms with Gasteiger partial charge in [0.15, 0.2) is 6.04 Å². The van der Waals surface area contributed by atoms with Crippen molar-refractivity contribution in [3.8, 4) is 0 Å². The van der Waals surface area contributed by atoms with Gasteiger partial charge in [-0.25, -0.2) is 4.79 Å². The number of likely N-dealkylation sites (N-methyl/N-ethyl adjacent to an activating group) is 1. The second-order valence-electron chi connectivity index (χ2n) is 2.59. The van der Waals surface area contributed by atoms with Crippen LogP contribution in [0.5, 0.6) is 0 Å². The molecule has 82 valence electrons. The average molecular weight is 224 g/mol. The highest BCUT2D eigenvalue weighted by molar-refractivity contribution is 6.27. The summed E-state index contributed by atoms with van der Waals surface area (Å²) in [5, 5.41) is 8.90. The molecule has 0 fully saturated rings. The van der Waals surface area contributed by atoms with Gasteiger partial charge in [-0.2, -0.15) is 0 Å². The molecule has 0 radical (unpaired) electrons. The molecule has 1 N–H and O–H groups in total. The fourth-order valence-corrected chi connectivity index (χ4v) is 1.05. The monoisotopic (exact) mass is 223 g/mol. The Morgan fingerprint density at radius 2 is 2.14 bits per heavy atom. The molecule has 0 aromatic carbocycles. The van der Waals surface area contributed by atoms with Crippen LogP contribution in [0.25, 0.3) is 0 Å². The number of esters is 1. The Morgan fingerprint density at radius 3 is 2.50 bits per heavy atom. The molecule has 0 aliphatic rings. The van der Waals surface area contributed by atoms with Crippen LogP contribution in [0, 0.1) is 0 Å². The third-order valence-electron chi connectivity index (χ3n) is 1.71. The van der Waals surface area contributed by atoms with E-state index in [1.807, 2.05) is 0 Å². The number of carbonyl (C=O) groups is 2. The molecule has 0 unspecified atom stereocenters. The number of hydrogen-bond donors (Lipinski definition) is 1.